The van der Waals surface area contributed by atoms with Gasteiger partial charge in [0, 0.05) is 13.6 Å². The van der Waals surface area contributed by atoms with Crippen LogP contribution in [-0.2, 0) is 6.42 Å². The Hall–Kier alpha value is -2.25. The third-order valence-corrected chi connectivity index (χ3v) is 2.75. The summed E-state index contributed by atoms with van der Waals surface area (Å²) >= 11 is 0. The quantitative estimate of drug-likeness (QED) is 0.875. The van der Waals surface area contributed by atoms with Gasteiger partial charge in [-0.2, -0.15) is 13.2 Å². The predicted octanol–water partition coefficient (Wildman–Crippen LogP) is 2.13. The number of carbonyl (C=O) groups excluding carboxylic acids is 1. The van der Waals surface area contributed by atoms with Crippen LogP contribution in [0, 0.1) is 0 Å². The van der Waals surface area contributed by atoms with E-state index in [2.05, 4.69) is 0 Å². The molecule has 0 bridgehead atoms. The number of halogens is 3. The first-order chi connectivity index (χ1) is 9.70. The zero-order valence-electron chi connectivity index (χ0n) is 11.3. The van der Waals surface area contributed by atoms with Crippen molar-refractivity contribution in [2.45, 2.75) is 12.6 Å². The van der Waals surface area contributed by atoms with Crippen molar-refractivity contribution in [3.8, 4) is 0 Å². The van der Waals surface area contributed by atoms with Gasteiger partial charge in [-0.15, -0.1) is 0 Å². The standard InChI is InChI=1S/C13H15F3N2O3/c1-18(12(21)17-8-13(14,15)16)7-6-9-4-2-3-5-10(9)11(19)20/h2-5H,6-8H2,1H3,(H,17,21)(H,19,20). The van der Waals surface area contributed by atoms with Gasteiger partial charge < -0.3 is 15.3 Å². The lowest BCUT2D eigenvalue weighted by atomic mass is 10.0. The molecule has 116 valence electrons. The third-order valence-electron chi connectivity index (χ3n) is 2.75. The summed E-state index contributed by atoms with van der Waals surface area (Å²) in [5, 5.41) is 10.7. The minimum Gasteiger partial charge on any atom is -0.478 e. The maximum Gasteiger partial charge on any atom is 0.405 e. The molecule has 1 aromatic carbocycles. The number of nitrogens with zero attached hydrogens (tertiary/aromatic N) is 1. The Kier molecular flexibility index (Phi) is 5.57. The molecule has 0 aliphatic rings. The monoisotopic (exact) mass is 304 g/mol. The Balaban J connectivity index is 2.55. The van der Waals surface area contributed by atoms with Crippen molar-refractivity contribution in [2.75, 3.05) is 20.1 Å². The topological polar surface area (TPSA) is 69.6 Å². The van der Waals surface area contributed by atoms with Crippen LogP contribution < -0.4 is 5.32 Å². The van der Waals surface area contributed by atoms with E-state index in [0.717, 1.165) is 4.90 Å². The summed E-state index contributed by atoms with van der Waals surface area (Å²) in [6.45, 7) is -1.30. The molecule has 1 aromatic rings. The molecule has 0 saturated carbocycles. The number of nitrogens with one attached hydrogen (secondary N) is 1. The van der Waals surface area contributed by atoms with E-state index in [4.69, 9.17) is 5.11 Å². The second kappa shape index (κ2) is 6.96. The number of carbonyl (C=O) groups is 2. The lowest BCUT2D eigenvalue weighted by molar-refractivity contribution is -0.123. The van der Waals surface area contributed by atoms with Crippen molar-refractivity contribution in [2.24, 2.45) is 0 Å². The molecule has 0 saturated heterocycles. The SMILES string of the molecule is CN(CCc1ccccc1C(=O)O)C(=O)NCC(F)(F)F. The van der Waals surface area contributed by atoms with Crippen LogP contribution in [0.4, 0.5) is 18.0 Å². The molecule has 2 N–H and O–H groups in total. The fraction of sp³-hybridized carbons (Fsp3) is 0.385. The Labute approximate surface area is 119 Å². The van der Waals surface area contributed by atoms with Gasteiger partial charge in [0.25, 0.3) is 0 Å². The number of benzene rings is 1. The molecule has 0 fully saturated rings. The van der Waals surface area contributed by atoms with Crippen molar-refractivity contribution < 1.29 is 27.9 Å². The molecule has 0 heterocycles. The van der Waals surface area contributed by atoms with Crippen LogP contribution in [0.25, 0.3) is 0 Å². The average Bonchev–Trinajstić information content (AvgIpc) is 2.41. The third kappa shape index (κ3) is 5.72. The minimum absolute atomic E-state index is 0.105. The molecule has 0 aliphatic heterocycles. The highest BCUT2D eigenvalue weighted by Gasteiger charge is 2.28. The fourth-order valence-corrected chi connectivity index (χ4v) is 1.65. The molecule has 1 rings (SSSR count). The molecular formula is C13H15F3N2O3. The van der Waals surface area contributed by atoms with Crippen molar-refractivity contribution >= 4 is 12.0 Å². The highest BCUT2D eigenvalue weighted by molar-refractivity contribution is 5.89. The number of rotatable bonds is 5. The highest BCUT2D eigenvalue weighted by Crippen LogP contribution is 2.13. The Morgan fingerprint density at radius 1 is 1.29 bits per heavy atom. The van der Waals surface area contributed by atoms with Crippen LogP contribution in [0.2, 0.25) is 0 Å². The molecule has 0 radical (unpaired) electrons. The van der Waals surface area contributed by atoms with E-state index in [9.17, 15) is 22.8 Å². The molecular weight excluding hydrogens is 289 g/mol. The van der Waals surface area contributed by atoms with E-state index in [0.29, 0.717) is 5.56 Å². The first kappa shape index (κ1) is 16.8. The van der Waals surface area contributed by atoms with E-state index in [1.165, 1.54) is 13.1 Å². The van der Waals surface area contributed by atoms with Crippen LogP contribution in [0.15, 0.2) is 24.3 Å². The van der Waals surface area contributed by atoms with E-state index >= 15 is 0 Å². The fourth-order valence-electron chi connectivity index (χ4n) is 1.65. The number of urea groups is 1. The number of likely N-dealkylation sites (N-methyl/N-ethyl adjacent to an activating group) is 1. The van der Waals surface area contributed by atoms with Crippen LogP contribution in [0.5, 0.6) is 0 Å². The summed E-state index contributed by atoms with van der Waals surface area (Å²) in [6.07, 6.45) is -4.23. The zero-order valence-corrected chi connectivity index (χ0v) is 11.3. The van der Waals surface area contributed by atoms with Gasteiger partial charge in [0.1, 0.15) is 6.54 Å². The maximum atomic E-state index is 12.0. The maximum absolute atomic E-state index is 12.0. The summed E-state index contributed by atoms with van der Waals surface area (Å²) in [6, 6.07) is 5.41. The van der Waals surface area contributed by atoms with Crippen LogP contribution in [0.3, 0.4) is 0 Å². The smallest absolute Gasteiger partial charge is 0.405 e. The van der Waals surface area contributed by atoms with Gasteiger partial charge in [-0.05, 0) is 18.1 Å². The first-order valence-electron chi connectivity index (χ1n) is 6.07. The molecule has 0 aromatic heterocycles. The summed E-state index contributed by atoms with van der Waals surface area (Å²) < 4.78 is 35.9. The summed E-state index contributed by atoms with van der Waals surface area (Å²) in [4.78, 5) is 23.5. The van der Waals surface area contributed by atoms with Crippen molar-refractivity contribution in [1.82, 2.24) is 10.2 Å². The molecule has 0 atom stereocenters. The van der Waals surface area contributed by atoms with E-state index in [1.807, 2.05) is 0 Å². The minimum atomic E-state index is -4.47. The molecule has 0 aliphatic carbocycles. The lowest BCUT2D eigenvalue weighted by Gasteiger charge is -2.19. The molecule has 8 heteroatoms. The summed E-state index contributed by atoms with van der Waals surface area (Å²) in [7, 11) is 1.34. The molecule has 0 spiro atoms. The summed E-state index contributed by atoms with van der Waals surface area (Å²) in [5.41, 5.74) is 0.627. The molecule has 2 amide bonds. The first-order valence-corrected chi connectivity index (χ1v) is 6.07. The number of hydrogen-bond acceptors (Lipinski definition) is 2. The molecule has 0 unspecified atom stereocenters. The zero-order chi connectivity index (χ0) is 16.0. The highest BCUT2D eigenvalue weighted by atomic mass is 19.4. The number of carboxylic acids is 1. The lowest BCUT2D eigenvalue weighted by Crippen LogP contribution is -2.42. The number of alkyl halides is 3. The number of hydrogen-bond donors (Lipinski definition) is 2. The van der Waals surface area contributed by atoms with Crippen molar-refractivity contribution in [3.05, 3.63) is 35.4 Å². The van der Waals surface area contributed by atoms with E-state index < -0.39 is 24.7 Å². The second-order valence-electron chi connectivity index (χ2n) is 4.41. The molecule has 21 heavy (non-hydrogen) atoms. The van der Waals surface area contributed by atoms with E-state index in [-0.39, 0.29) is 18.5 Å². The average molecular weight is 304 g/mol. The van der Waals surface area contributed by atoms with Gasteiger partial charge in [-0.1, -0.05) is 18.2 Å². The van der Waals surface area contributed by atoms with E-state index in [1.54, 1.807) is 23.5 Å². The van der Waals surface area contributed by atoms with Crippen molar-refractivity contribution in [1.29, 1.82) is 0 Å². The van der Waals surface area contributed by atoms with Gasteiger partial charge in [0.15, 0.2) is 0 Å². The predicted molar refractivity (Wildman–Crippen MR) is 69.2 cm³/mol. The van der Waals surface area contributed by atoms with Gasteiger partial charge >= 0.3 is 18.2 Å². The number of carboxylic acid groups (broad SMARTS) is 1. The van der Waals surface area contributed by atoms with Gasteiger partial charge in [-0.25, -0.2) is 9.59 Å². The van der Waals surface area contributed by atoms with Gasteiger partial charge in [0.2, 0.25) is 0 Å². The van der Waals surface area contributed by atoms with Crippen LogP contribution >= 0.6 is 0 Å². The Bertz CT molecular complexity index is 518. The van der Waals surface area contributed by atoms with Crippen LogP contribution in [-0.4, -0.2) is 48.3 Å². The van der Waals surface area contributed by atoms with Crippen molar-refractivity contribution in [3.63, 3.8) is 0 Å². The van der Waals surface area contributed by atoms with Crippen LogP contribution in [0.1, 0.15) is 15.9 Å². The van der Waals surface area contributed by atoms with Gasteiger partial charge in [-0.3, -0.25) is 0 Å². The Morgan fingerprint density at radius 3 is 2.48 bits per heavy atom. The van der Waals surface area contributed by atoms with Gasteiger partial charge in [0.05, 0.1) is 5.56 Å². The molecule has 5 nitrogen and oxygen atoms in total. The number of aromatic carboxylic acids is 1. The normalized spacial score (nSPS) is 11.0. The second-order valence-corrected chi connectivity index (χ2v) is 4.41. The summed E-state index contributed by atoms with van der Waals surface area (Å²) in [5.74, 6) is -1.09. The number of amides is 2. The largest absolute Gasteiger partial charge is 0.478 e. The Morgan fingerprint density at radius 2 is 1.90 bits per heavy atom.